The van der Waals surface area contributed by atoms with Gasteiger partial charge in [0.15, 0.2) is 0 Å². The van der Waals surface area contributed by atoms with Crippen molar-refractivity contribution in [2.75, 3.05) is 25.5 Å². The summed E-state index contributed by atoms with van der Waals surface area (Å²) in [7, 11) is 1.70. The third-order valence-electron chi connectivity index (χ3n) is 2.50. The Balaban J connectivity index is 2.15. The molecule has 0 amide bonds. The maximum Gasteiger partial charge on any atom is 0.141 e. The van der Waals surface area contributed by atoms with E-state index in [4.69, 9.17) is 4.74 Å². The molecule has 0 aliphatic carbocycles. The summed E-state index contributed by atoms with van der Waals surface area (Å²) in [5.41, 5.74) is 2.35. The van der Waals surface area contributed by atoms with Crippen molar-refractivity contribution in [2.45, 2.75) is 13.0 Å². The van der Waals surface area contributed by atoms with Crippen molar-refractivity contribution < 1.29 is 4.74 Å². The number of benzene rings is 1. The lowest BCUT2D eigenvalue weighted by molar-refractivity contribution is 0.413. The molecular weight excluding hydrogens is 176 g/mol. The van der Waals surface area contributed by atoms with Crippen LogP contribution in [0.2, 0.25) is 0 Å². The zero-order valence-corrected chi connectivity index (χ0v) is 8.63. The fraction of sp³-hybridized carbons (Fsp3) is 0.455. The van der Waals surface area contributed by atoms with Gasteiger partial charge in [0.2, 0.25) is 0 Å². The molecule has 0 bridgehead atoms. The molecule has 0 spiro atoms. The SMILES string of the molecule is COc1ccc(C)cc1NC1CNC1. The Labute approximate surface area is 84.5 Å². The molecule has 0 radical (unpaired) electrons. The van der Waals surface area contributed by atoms with E-state index in [1.165, 1.54) is 5.56 Å². The number of anilines is 1. The summed E-state index contributed by atoms with van der Waals surface area (Å²) in [5, 5.41) is 6.68. The fourth-order valence-electron chi connectivity index (χ4n) is 1.55. The van der Waals surface area contributed by atoms with Crippen molar-refractivity contribution in [1.82, 2.24) is 5.32 Å². The van der Waals surface area contributed by atoms with Crippen LogP contribution in [0.4, 0.5) is 5.69 Å². The Hall–Kier alpha value is -1.22. The first-order chi connectivity index (χ1) is 6.79. The molecule has 0 aromatic heterocycles. The van der Waals surface area contributed by atoms with Crippen LogP contribution in [0.25, 0.3) is 0 Å². The Morgan fingerprint density at radius 3 is 2.79 bits per heavy atom. The highest BCUT2D eigenvalue weighted by molar-refractivity contribution is 5.58. The zero-order chi connectivity index (χ0) is 9.97. The van der Waals surface area contributed by atoms with Crippen molar-refractivity contribution in [3.63, 3.8) is 0 Å². The molecule has 2 N–H and O–H groups in total. The number of rotatable bonds is 3. The van der Waals surface area contributed by atoms with Crippen molar-refractivity contribution in [3.05, 3.63) is 23.8 Å². The van der Waals surface area contributed by atoms with Crippen LogP contribution < -0.4 is 15.4 Å². The summed E-state index contributed by atoms with van der Waals surface area (Å²) in [6.45, 7) is 4.16. The smallest absolute Gasteiger partial charge is 0.141 e. The van der Waals surface area contributed by atoms with Gasteiger partial charge in [-0.15, -0.1) is 0 Å². The normalized spacial score (nSPS) is 16.1. The summed E-state index contributed by atoms with van der Waals surface area (Å²) in [5.74, 6) is 0.919. The van der Waals surface area contributed by atoms with Crippen LogP contribution in [0.15, 0.2) is 18.2 Å². The van der Waals surface area contributed by atoms with Crippen LogP contribution in [-0.2, 0) is 0 Å². The Kier molecular flexibility index (Phi) is 2.59. The number of hydrogen-bond donors (Lipinski definition) is 2. The van der Waals surface area contributed by atoms with Gasteiger partial charge in [-0.25, -0.2) is 0 Å². The zero-order valence-electron chi connectivity index (χ0n) is 8.63. The van der Waals surface area contributed by atoms with Gasteiger partial charge >= 0.3 is 0 Å². The van der Waals surface area contributed by atoms with Gasteiger partial charge in [-0.2, -0.15) is 0 Å². The van der Waals surface area contributed by atoms with E-state index >= 15 is 0 Å². The van der Waals surface area contributed by atoms with Gasteiger partial charge in [0.1, 0.15) is 5.75 Å². The lowest BCUT2D eigenvalue weighted by atomic mass is 10.1. The summed E-state index contributed by atoms with van der Waals surface area (Å²) in [6.07, 6.45) is 0. The molecule has 1 aliphatic heterocycles. The first-order valence-electron chi connectivity index (χ1n) is 4.91. The molecule has 3 heteroatoms. The largest absolute Gasteiger partial charge is 0.495 e. The molecule has 1 aromatic rings. The summed E-state index contributed by atoms with van der Waals surface area (Å²) in [4.78, 5) is 0. The van der Waals surface area contributed by atoms with E-state index in [9.17, 15) is 0 Å². The number of nitrogens with one attached hydrogen (secondary N) is 2. The van der Waals surface area contributed by atoms with Crippen molar-refractivity contribution >= 4 is 5.69 Å². The van der Waals surface area contributed by atoms with Crippen molar-refractivity contribution in [1.29, 1.82) is 0 Å². The molecular formula is C11H16N2O. The van der Waals surface area contributed by atoms with Gasteiger partial charge in [0, 0.05) is 13.1 Å². The van der Waals surface area contributed by atoms with E-state index in [0.717, 1.165) is 24.5 Å². The predicted octanol–water partition coefficient (Wildman–Crippen LogP) is 1.39. The van der Waals surface area contributed by atoms with E-state index in [2.05, 4.69) is 29.7 Å². The molecule has 1 aliphatic rings. The molecule has 0 saturated carbocycles. The van der Waals surface area contributed by atoms with Crippen LogP contribution in [0.1, 0.15) is 5.56 Å². The molecule has 1 saturated heterocycles. The first kappa shape index (κ1) is 9.34. The predicted molar refractivity (Wildman–Crippen MR) is 58.0 cm³/mol. The minimum atomic E-state index is 0.547. The minimum Gasteiger partial charge on any atom is -0.495 e. The Bertz CT molecular complexity index is 321. The minimum absolute atomic E-state index is 0.547. The van der Waals surface area contributed by atoms with Gasteiger partial charge in [0.05, 0.1) is 18.8 Å². The quantitative estimate of drug-likeness (QED) is 0.759. The summed E-state index contributed by atoms with van der Waals surface area (Å²) in [6, 6.07) is 6.73. The highest BCUT2D eigenvalue weighted by Crippen LogP contribution is 2.26. The first-order valence-corrected chi connectivity index (χ1v) is 4.91. The molecule has 1 fully saturated rings. The Morgan fingerprint density at radius 1 is 1.43 bits per heavy atom. The van der Waals surface area contributed by atoms with Crippen LogP contribution >= 0.6 is 0 Å². The lowest BCUT2D eigenvalue weighted by Gasteiger charge is -2.29. The van der Waals surface area contributed by atoms with Crippen molar-refractivity contribution in [2.24, 2.45) is 0 Å². The highest BCUT2D eigenvalue weighted by Gasteiger charge is 2.17. The monoisotopic (exact) mass is 192 g/mol. The van der Waals surface area contributed by atoms with Crippen LogP contribution in [-0.4, -0.2) is 26.2 Å². The molecule has 2 rings (SSSR count). The second kappa shape index (κ2) is 3.88. The number of methoxy groups -OCH3 is 1. The van der Waals surface area contributed by atoms with Gasteiger partial charge in [-0.1, -0.05) is 6.07 Å². The maximum absolute atomic E-state index is 5.29. The van der Waals surface area contributed by atoms with Gasteiger partial charge in [-0.05, 0) is 24.6 Å². The van der Waals surface area contributed by atoms with E-state index in [0.29, 0.717) is 6.04 Å². The third-order valence-corrected chi connectivity index (χ3v) is 2.50. The summed E-state index contributed by atoms with van der Waals surface area (Å²) < 4.78 is 5.29. The molecule has 1 heterocycles. The average Bonchev–Trinajstić information content (AvgIpc) is 2.12. The van der Waals surface area contributed by atoms with Crippen molar-refractivity contribution in [3.8, 4) is 5.75 Å². The topological polar surface area (TPSA) is 33.3 Å². The van der Waals surface area contributed by atoms with E-state index < -0.39 is 0 Å². The van der Waals surface area contributed by atoms with E-state index in [1.807, 2.05) is 6.07 Å². The second-order valence-corrected chi connectivity index (χ2v) is 3.70. The molecule has 76 valence electrons. The second-order valence-electron chi connectivity index (χ2n) is 3.70. The molecule has 14 heavy (non-hydrogen) atoms. The average molecular weight is 192 g/mol. The molecule has 0 unspecified atom stereocenters. The van der Waals surface area contributed by atoms with Crippen LogP contribution in [0.3, 0.4) is 0 Å². The molecule has 1 aromatic carbocycles. The van der Waals surface area contributed by atoms with Gasteiger partial charge < -0.3 is 15.4 Å². The lowest BCUT2D eigenvalue weighted by Crippen LogP contribution is -2.51. The third kappa shape index (κ3) is 1.82. The van der Waals surface area contributed by atoms with Gasteiger partial charge in [0.25, 0.3) is 0 Å². The molecule has 0 atom stereocenters. The standard InChI is InChI=1S/C11H16N2O/c1-8-3-4-11(14-2)10(5-8)13-9-6-12-7-9/h3-5,9,12-13H,6-7H2,1-2H3. The number of hydrogen-bond acceptors (Lipinski definition) is 3. The van der Waals surface area contributed by atoms with E-state index in [1.54, 1.807) is 7.11 Å². The number of ether oxygens (including phenoxy) is 1. The maximum atomic E-state index is 5.29. The summed E-state index contributed by atoms with van der Waals surface area (Å²) >= 11 is 0. The number of aryl methyl sites for hydroxylation is 1. The highest BCUT2D eigenvalue weighted by atomic mass is 16.5. The fourth-order valence-corrected chi connectivity index (χ4v) is 1.55. The molecule has 3 nitrogen and oxygen atoms in total. The Morgan fingerprint density at radius 2 is 2.21 bits per heavy atom. The van der Waals surface area contributed by atoms with Gasteiger partial charge in [-0.3, -0.25) is 0 Å². The van der Waals surface area contributed by atoms with Crippen LogP contribution in [0.5, 0.6) is 5.75 Å². The van der Waals surface area contributed by atoms with Crippen LogP contribution in [0, 0.1) is 6.92 Å². The van der Waals surface area contributed by atoms with E-state index in [-0.39, 0.29) is 0 Å².